The molecule has 38 heavy (non-hydrogen) atoms. The van der Waals surface area contributed by atoms with Crippen LogP contribution in [-0.4, -0.2) is 69.1 Å². The molecule has 0 bridgehead atoms. The Morgan fingerprint density at radius 2 is 1.66 bits per heavy atom. The molecule has 0 saturated heterocycles. The lowest BCUT2D eigenvalue weighted by molar-refractivity contribution is -0.160. The quantitative estimate of drug-likeness (QED) is 0.246. The minimum absolute atomic E-state index is 0.199. The van der Waals surface area contributed by atoms with E-state index < -0.39 is 48.3 Å². The van der Waals surface area contributed by atoms with E-state index in [1.807, 2.05) is 19.1 Å². The monoisotopic (exact) mass is 545 g/mol. The molecule has 204 valence electrons. The van der Waals surface area contributed by atoms with E-state index in [-0.39, 0.29) is 12.8 Å². The second-order valence-electron chi connectivity index (χ2n) is 8.39. The van der Waals surface area contributed by atoms with E-state index in [2.05, 4.69) is 5.43 Å². The van der Waals surface area contributed by atoms with Gasteiger partial charge < -0.3 is 21.7 Å². The highest BCUT2D eigenvalue weighted by molar-refractivity contribution is 7.98. The summed E-state index contributed by atoms with van der Waals surface area (Å²) in [7, 11) is 0. The smallest absolute Gasteiger partial charge is 0.329 e. The largest absolute Gasteiger partial charge is 0.481 e. The SMILES string of the molecule is CSCC[C@H](N)C(=O)N(NC(=O)Cc1ccc(N(C(N)=O)c2ccccc2C)cc1)[C@@H](CC(=O)O)C(=O)O. The molecule has 0 fully saturated rings. The van der Waals surface area contributed by atoms with E-state index >= 15 is 0 Å². The number of carboxylic acid groups (broad SMARTS) is 2. The first kappa shape index (κ1) is 30.1. The van der Waals surface area contributed by atoms with Crippen LogP contribution in [0.5, 0.6) is 0 Å². The molecule has 13 heteroatoms. The lowest BCUT2D eigenvalue weighted by Gasteiger charge is -2.30. The van der Waals surface area contributed by atoms with Gasteiger partial charge in [0.05, 0.1) is 30.3 Å². The van der Waals surface area contributed by atoms with Crippen molar-refractivity contribution in [2.75, 3.05) is 16.9 Å². The van der Waals surface area contributed by atoms with Crippen LogP contribution in [0.25, 0.3) is 0 Å². The number of rotatable bonds is 12. The van der Waals surface area contributed by atoms with Crippen LogP contribution in [0, 0.1) is 6.92 Å². The van der Waals surface area contributed by atoms with Crippen LogP contribution in [0.4, 0.5) is 16.2 Å². The third-order valence-corrected chi connectivity index (χ3v) is 6.18. The molecule has 0 unspecified atom stereocenters. The first-order valence-corrected chi connectivity index (χ1v) is 12.9. The van der Waals surface area contributed by atoms with E-state index in [1.54, 1.807) is 42.7 Å². The average molecular weight is 546 g/mol. The van der Waals surface area contributed by atoms with Crippen LogP contribution in [-0.2, 0) is 25.6 Å². The van der Waals surface area contributed by atoms with Crippen molar-refractivity contribution in [1.29, 1.82) is 0 Å². The number of urea groups is 1. The number of aryl methyl sites for hydroxylation is 1. The third kappa shape index (κ3) is 8.21. The first-order valence-electron chi connectivity index (χ1n) is 11.5. The number of primary amides is 1. The summed E-state index contributed by atoms with van der Waals surface area (Å²) in [6.45, 7) is 1.83. The number of nitrogens with two attached hydrogens (primary N) is 2. The van der Waals surface area contributed by atoms with E-state index in [9.17, 15) is 29.1 Å². The number of para-hydroxylation sites is 1. The maximum Gasteiger partial charge on any atom is 0.329 e. The third-order valence-electron chi connectivity index (χ3n) is 5.53. The lowest BCUT2D eigenvalue weighted by atomic mass is 10.1. The van der Waals surface area contributed by atoms with Crippen molar-refractivity contribution in [2.45, 2.75) is 38.3 Å². The second-order valence-corrected chi connectivity index (χ2v) is 9.37. The number of hydrazine groups is 1. The van der Waals surface area contributed by atoms with Crippen molar-refractivity contribution in [1.82, 2.24) is 10.4 Å². The van der Waals surface area contributed by atoms with Gasteiger partial charge in [-0.2, -0.15) is 11.8 Å². The van der Waals surface area contributed by atoms with E-state index in [1.165, 1.54) is 16.7 Å². The molecule has 4 amide bonds. The minimum Gasteiger partial charge on any atom is -0.481 e. The van der Waals surface area contributed by atoms with E-state index in [0.717, 1.165) is 5.56 Å². The number of benzene rings is 2. The summed E-state index contributed by atoms with van der Waals surface area (Å²) in [5.74, 6) is -4.24. The van der Waals surface area contributed by atoms with Gasteiger partial charge in [-0.25, -0.2) is 14.6 Å². The number of carbonyl (C=O) groups is 5. The molecule has 2 aromatic carbocycles. The Morgan fingerprint density at radius 1 is 1.03 bits per heavy atom. The second kappa shape index (κ2) is 14.0. The topological polar surface area (TPSA) is 196 Å². The van der Waals surface area contributed by atoms with Gasteiger partial charge in [0.1, 0.15) is 0 Å². The number of nitrogens with zero attached hydrogens (tertiary/aromatic N) is 2. The van der Waals surface area contributed by atoms with Gasteiger partial charge in [0.25, 0.3) is 5.91 Å². The van der Waals surface area contributed by atoms with Gasteiger partial charge in [0, 0.05) is 0 Å². The molecule has 0 heterocycles. The number of aliphatic carboxylic acids is 2. The lowest BCUT2D eigenvalue weighted by Crippen LogP contribution is -2.59. The molecule has 2 aromatic rings. The summed E-state index contributed by atoms with van der Waals surface area (Å²) in [4.78, 5) is 62.1. The molecule has 2 rings (SSSR count). The molecule has 0 aliphatic rings. The summed E-state index contributed by atoms with van der Waals surface area (Å²) < 4.78 is 0. The Hall–Kier alpha value is -4.10. The molecular weight excluding hydrogens is 514 g/mol. The molecule has 12 nitrogen and oxygen atoms in total. The molecule has 0 aromatic heterocycles. The summed E-state index contributed by atoms with van der Waals surface area (Å²) in [5.41, 5.74) is 16.1. The van der Waals surface area contributed by atoms with Gasteiger partial charge in [0.15, 0.2) is 6.04 Å². The zero-order valence-corrected chi connectivity index (χ0v) is 21.8. The summed E-state index contributed by atoms with van der Waals surface area (Å²) in [6.07, 6.45) is 0.790. The van der Waals surface area contributed by atoms with Crippen LogP contribution < -0.4 is 21.8 Å². The van der Waals surface area contributed by atoms with Gasteiger partial charge >= 0.3 is 18.0 Å². The normalized spacial score (nSPS) is 12.2. The maximum atomic E-state index is 12.9. The zero-order valence-electron chi connectivity index (χ0n) is 21.0. The number of hydrogen-bond donors (Lipinski definition) is 5. The number of carboxylic acids is 2. The highest BCUT2D eigenvalue weighted by Gasteiger charge is 2.35. The van der Waals surface area contributed by atoms with Crippen molar-refractivity contribution in [3.05, 3.63) is 59.7 Å². The minimum atomic E-state index is -1.86. The molecule has 0 saturated carbocycles. The number of nitrogens with one attached hydrogen (secondary N) is 1. The van der Waals surface area contributed by atoms with Crippen molar-refractivity contribution in [3.8, 4) is 0 Å². The molecule has 0 aliphatic carbocycles. The molecule has 7 N–H and O–H groups in total. The van der Waals surface area contributed by atoms with Gasteiger partial charge in [0.2, 0.25) is 5.91 Å². The molecule has 0 radical (unpaired) electrons. The Labute approximate surface area is 223 Å². The molecular formula is C25H31N5O7S. The summed E-state index contributed by atoms with van der Waals surface area (Å²) in [6, 6.07) is 9.80. The van der Waals surface area contributed by atoms with Gasteiger partial charge in [-0.05, 0) is 54.7 Å². The summed E-state index contributed by atoms with van der Waals surface area (Å²) in [5, 5.41) is 19.2. The highest BCUT2D eigenvalue weighted by Crippen LogP contribution is 2.28. The number of thioether (sulfide) groups is 1. The van der Waals surface area contributed by atoms with E-state index in [0.29, 0.717) is 27.7 Å². The van der Waals surface area contributed by atoms with E-state index in [4.69, 9.17) is 16.6 Å². The fraction of sp³-hybridized carbons (Fsp3) is 0.320. The van der Waals surface area contributed by atoms with Crippen LogP contribution >= 0.6 is 11.8 Å². The molecule has 2 atom stereocenters. The first-order chi connectivity index (χ1) is 18.0. The van der Waals surface area contributed by atoms with Gasteiger partial charge in [-0.15, -0.1) is 0 Å². The predicted octanol–water partition coefficient (Wildman–Crippen LogP) is 1.62. The van der Waals surface area contributed by atoms with Crippen LogP contribution in [0.2, 0.25) is 0 Å². The van der Waals surface area contributed by atoms with Crippen molar-refractivity contribution in [3.63, 3.8) is 0 Å². The Balaban J connectivity index is 2.24. The van der Waals surface area contributed by atoms with Crippen LogP contribution in [0.3, 0.4) is 0 Å². The standard InChI is InChI=1S/C25H31N5O7S/c1-15-5-3-4-6-19(15)29(25(27)37)17-9-7-16(8-10-17)13-21(31)28-30(20(24(35)36)14-22(32)33)23(34)18(26)11-12-38-2/h3-10,18,20H,11-14,26H2,1-2H3,(H2,27,37)(H,28,31)(H,32,33)(H,35,36)/t18-,20-/m0/s1. The van der Waals surface area contributed by atoms with Gasteiger partial charge in [-0.1, -0.05) is 30.3 Å². The Morgan fingerprint density at radius 3 is 2.18 bits per heavy atom. The Kier molecular flexibility index (Phi) is 11.1. The average Bonchev–Trinajstić information content (AvgIpc) is 2.86. The number of amides is 4. The fourth-order valence-corrected chi connectivity index (χ4v) is 4.10. The van der Waals surface area contributed by atoms with Crippen LogP contribution in [0.1, 0.15) is 24.0 Å². The van der Waals surface area contributed by atoms with Crippen molar-refractivity contribution in [2.24, 2.45) is 11.5 Å². The van der Waals surface area contributed by atoms with Crippen molar-refractivity contribution >= 4 is 52.9 Å². The highest BCUT2D eigenvalue weighted by atomic mass is 32.2. The fourth-order valence-electron chi connectivity index (χ4n) is 3.61. The van der Waals surface area contributed by atoms with Crippen molar-refractivity contribution < 1.29 is 34.2 Å². The maximum absolute atomic E-state index is 12.9. The van der Waals surface area contributed by atoms with Crippen LogP contribution in [0.15, 0.2) is 48.5 Å². The zero-order chi connectivity index (χ0) is 28.4. The number of anilines is 2. The predicted molar refractivity (Wildman–Crippen MR) is 143 cm³/mol. The molecule has 0 aliphatic heterocycles. The number of carbonyl (C=O) groups excluding carboxylic acids is 3. The Bertz CT molecular complexity index is 1170. The van der Waals surface area contributed by atoms with Gasteiger partial charge in [-0.3, -0.25) is 24.7 Å². The number of hydrogen-bond acceptors (Lipinski definition) is 7. The summed E-state index contributed by atoms with van der Waals surface area (Å²) >= 11 is 1.42. The molecule has 0 spiro atoms.